The second-order valence-electron chi connectivity index (χ2n) is 3.04. The minimum absolute atomic E-state index is 0.165. The van der Waals surface area contributed by atoms with Crippen molar-refractivity contribution < 1.29 is 4.39 Å². The van der Waals surface area contributed by atoms with Crippen LogP contribution in [0.1, 0.15) is 10.8 Å². The van der Waals surface area contributed by atoms with Gasteiger partial charge in [0.1, 0.15) is 5.82 Å². The van der Waals surface area contributed by atoms with Crippen molar-refractivity contribution in [1.82, 2.24) is 5.32 Å². The molecule has 1 nitrogen and oxygen atoms in total. The predicted octanol–water partition coefficient (Wildman–Crippen LogP) is 2.22. The summed E-state index contributed by atoms with van der Waals surface area (Å²) in [4.78, 5) is 0. The zero-order valence-electron chi connectivity index (χ0n) is 7.24. The summed E-state index contributed by atoms with van der Waals surface area (Å²) < 4.78 is 12.6. The first kappa shape index (κ1) is 9.03. The molecule has 1 aliphatic heterocycles. The molecule has 3 heteroatoms. The van der Waals surface area contributed by atoms with E-state index in [4.69, 9.17) is 0 Å². The van der Waals surface area contributed by atoms with E-state index in [1.807, 2.05) is 23.9 Å². The zero-order chi connectivity index (χ0) is 9.10. The van der Waals surface area contributed by atoms with Crippen molar-refractivity contribution in [2.45, 2.75) is 5.25 Å². The van der Waals surface area contributed by atoms with Crippen molar-refractivity contribution in [3.05, 3.63) is 35.6 Å². The first-order valence-corrected chi connectivity index (χ1v) is 5.41. The van der Waals surface area contributed by atoms with Gasteiger partial charge in [-0.1, -0.05) is 12.1 Å². The molecule has 0 saturated carbocycles. The third-order valence-electron chi connectivity index (χ3n) is 2.11. The highest BCUT2D eigenvalue weighted by Gasteiger charge is 2.15. The molecule has 0 bridgehead atoms. The quantitative estimate of drug-likeness (QED) is 0.671. The van der Waals surface area contributed by atoms with Gasteiger partial charge in [-0.25, -0.2) is 9.71 Å². The Morgan fingerprint density at radius 1 is 1.31 bits per heavy atom. The van der Waals surface area contributed by atoms with E-state index in [1.165, 1.54) is 17.7 Å². The first-order valence-electron chi connectivity index (χ1n) is 4.36. The molecule has 0 N–H and O–H groups in total. The van der Waals surface area contributed by atoms with Crippen LogP contribution in [0.25, 0.3) is 0 Å². The number of hydrogen-bond donors (Lipinski definition) is 0. The average molecular weight is 196 g/mol. The monoisotopic (exact) mass is 196 g/mol. The van der Waals surface area contributed by atoms with Crippen LogP contribution in [-0.2, 0) is 0 Å². The van der Waals surface area contributed by atoms with Gasteiger partial charge in [-0.05, 0) is 17.7 Å². The van der Waals surface area contributed by atoms with Crippen molar-refractivity contribution in [3.63, 3.8) is 0 Å². The van der Waals surface area contributed by atoms with Crippen LogP contribution in [0.5, 0.6) is 0 Å². The molecule has 1 aromatic rings. The number of benzene rings is 1. The fourth-order valence-corrected chi connectivity index (χ4v) is 2.48. The molecule has 69 valence electrons. The fraction of sp³-hybridized carbons (Fsp3) is 0.400. The molecule has 1 fully saturated rings. The zero-order valence-corrected chi connectivity index (χ0v) is 8.06. The van der Waals surface area contributed by atoms with E-state index >= 15 is 0 Å². The average Bonchev–Trinajstić information content (AvgIpc) is 2.20. The molecule has 1 aliphatic rings. The number of nitrogens with zero attached hydrogens (tertiary/aromatic N) is 1. The summed E-state index contributed by atoms with van der Waals surface area (Å²) in [5.41, 5.74) is 1.19. The van der Waals surface area contributed by atoms with Gasteiger partial charge in [-0.15, -0.1) is 0 Å². The Morgan fingerprint density at radius 2 is 2.08 bits per heavy atom. The largest absolute Gasteiger partial charge is 0.239 e. The Morgan fingerprint density at radius 3 is 2.69 bits per heavy atom. The standard InChI is InChI=1S/C10H11FNS/c11-9-3-1-8(2-4-9)10-7-12-5-6-13-10/h1-4,10H,5-7H2. The summed E-state index contributed by atoms with van der Waals surface area (Å²) in [5.74, 6) is 0.920. The maximum absolute atomic E-state index is 12.6. The highest BCUT2D eigenvalue weighted by Crippen LogP contribution is 2.30. The molecular weight excluding hydrogens is 185 g/mol. The van der Waals surface area contributed by atoms with Crippen molar-refractivity contribution in [2.75, 3.05) is 18.8 Å². The molecule has 1 aromatic carbocycles. The van der Waals surface area contributed by atoms with E-state index in [1.54, 1.807) is 0 Å². The topological polar surface area (TPSA) is 14.1 Å². The Balaban J connectivity index is 2.10. The molecule has 1 radical (unpaired) electrons. The van der Waals surface area contributed by atoms with Crippen LogP contribution in [0.2, 0.25) is 0 Å². The number of halogens is 1. The van der Waals surface area contributed by atoms with Crippen molar-refractivity contribution in [3.8, 4) is 0 Å². The van der Waals surface area contributed by atoms with E-state index in [0.717, 1.165) is 18.8 Å². The number of thioether (sulfide) groups is 1. The smallest absolute Gasteiger partial charge is 0.123 e. The van der Waals surface area contributed by atoms with E-state index in [0.29, 0.717) is 5.25 Å². The summed E-state index contributed by atoms with van der Waals surface area (Å²) >= 11 is 1.91. The Hall–Kier alpha value is -0.540. The Labute approximate surface area is 81.7 Å². The lowest BCUT2D eigenvalue weighted by Gasteiger charge is -2.21. The summed E-state index contributed by atoms with van der Waals surface area (Å²) in [6.45, 7) is 1.83. The molecule has 13 heavy (non-hydrogen) atoms. The Bertz CT molecular complexity index is 267. The van der Waals surface area contributed by atoms with Gasteiger partial charge in [-0.3, -0.25) is 0 Å². The van der Waals surface area contributed by atoms with Gasteiger partial charge in [-0.2, -0.15) is 11.8 Å². The van der Waals surface area contributed by atoms with Crippen LogP contribution in [-0.4, -0.2) is 18.8 Å². The van der Waals surface area contributed by atoms with Crippen molar-refractivity contribution in [1.29, 1.82) is 0 Å². The van der Waals surface area contributed by atoms with Gasteiger partial charge in [0.2, 0.25) is 0 Å². The lowest BCUT2D eigenvalue weighted by molar-refractivity contribution is 0.625. The lowest BCUT2D eigenvalue weighted by Crippen LogP contribution is -2.21. The summed E-state index contributed by atoms with van der Waals surface area (Å²) in [5, 5.41) is 4.78. The van der Waals surface area contributed by atoms with Crippen LogP contribution in [0.15, 0.2) is 24.3 Å². The Kier molecular flexibility index (Phi) is 2.86. The minimum Gasteiger partial charge on any atom is -0.239 e. The molecule has 1 unspecified atom stereocenters. The third kappa shape index (κ3) is 2.23. The normalized spacial score (nSPS) is 23.0. The van der Waals surface area contributed by atoms with Gasteiger partial charge in [0.25, 0.3) is 0 Å². The van der Waals surface area contributed by atoms with Gasteiger partial charge < -0.3 is 0 Å². The van der Waals surface area contributed by atoms with E-state index < -0.39 is 0 Å². The van der Waals surface area contributed by atoms with Crippen LogP contribution in [0.3, 0.4) is 0 Å². The van der Waals surface area contributed by atoms with Crippen LogP contribution < -0.4 is 5.32 Å². The van der Waals surface area contributed by atoms with Gasteiger partial charge >= 0.3 is 0 Å². The van der Waals surface area contributed by atoms with Crippen molar-refractivity contribution in [2.24, 2.45) is 0 Å². The number of hydrogen-bond acceptors (Lipinski definition) is 1. The highest BCUT2D eigenvalue weighted by molar-refractivity contribution is 7.99. The molecule has 0 aromatic heterocycles. The lowest BCUT2D eigenvalue weighted by atomic mass is 10.1. The van der Waals surface area contributed by atoms with Crippen molar-refractivity contribution >= 4 is 11.8 Å². The molecule has 2 rings (SSSR count). The van der Waals surface area contributed by atoms with Crippen LogP contribution >= 0.6 is 11.8 Å². The molecule has 0 aliphatic carbocycles. The summed E-state index contributed by atoms with van der Waals surface area (Å²) in [6, 6.07) is 6.75. The van der Waals surface area contributed by atoms with Gasteiger partial charge in [0, 0.05) is 24.1 Å². The molecule has 1 saturated heterocycles. The molecular formula is C10H11FNS. The number of rotatable bonds is 1. The van der Waals surface area contributed by atoms with Gasteiger partial charge in [0.15, 0.2) is 0 Å². The second-order valence-corrected chi connectivity index (χ2v) is 4.35. The highest BCUT2D eigenvalue weighted by atomic mass is 32.2. The SMILES string of the molecule is Fc1ccc(C2C[N]CCS2)cc1. The molecule has 0 spiro atoms. The second kappa shape index (κ2) is 4.11. The maximum Gasteiger partial charge on any atom is 0.123 e. The van der Waals surface area contributed by atoms with E-state index in [9.17, 15) is 4.39 Å². The summed E-state index contributed by atoms with van der Waals surface area (Å²) in [7, 11) is 0. The molecule has 0 amide bonds. The fourth-order valence-electron chi connectivity index (χ4n) is 1.40. The molecule has 1 atom stereocenters. The van der Waals surface area contributed by atoms with E-state index in [2.05, 4.69) is 5.32 Å². The van der Waals surface area contributed by atoms with E-state index in [-0.39, 0.29) is 5.82 Å². The minimum atomic E-state index is -0.165. The first-order chi connectivity index (χ1) is 6.36. The van der Waals surface area contributed by atoms with Crippen LogP contribution in [0, 0.1) is 5.82 Å². The van der Waals surface area contributed by atoms with Gasteiger partial charge in [0.05, 0.1) is 0 Å². The van der Waals surface area contributed by atoms with Crippen LogP contribution in [0.4, 0.5) is 4.39 Å². The third-order valence-corrected chi connectivity index (χ3v) is 3.35. The predicted molar refractivity (Wildman–Crippen MR) is 53.5 cm³/mol. The molecule has 1 heterocycles. The maximum atomic E-state index is 12.6. The summed E-state index contributed by atoms with van der Waals surface area (Å²) in [6.07, 6.45) is 0.